The first-order chi connectivity index (χ1) is 11.5. The predicted octanol–water partition coefficient (Wildman–Crippen LogP) is 4.96. The SMILES string of the molecule is C[C@@H](OC(=O)c1ccc(Cl)cc1Cl)c1nnc(-c2ccccc2)o1. The van der Waals surface area contributed by atoms with E-state index in [0.29, 0.717) is 10.9 Å². The lowest BCUT2D eigenvalue weighted by molar-refractivity contribution is 0.0280. The van der Waals surface area contributed by atoms with E-state index < -0.39 is 12.1 Å². The van der Waals surface area contributed by atoms with E-state index in [9.17, 15) is 4.79 Å². The summed E-state index contributed by atoms with van der Waals surface area (Å²) in [6.07, 6.45) is -0.714. The van der Waals surface area contributed by atoms with Gasteiger partial charge in [0.25, 0.3) is 5.89 Å². The first-order valence-corrected chi connectivity index (χ1v) is 7.85. The number of ether oxygens (including phenoxy) is 1. The number of hydrogen-bond donors (Lipinski definition) is 0. The van der Waals surface area contributed by atoms with Gasteiger partial charge in [-0.05, 0) is 37.3 Å². The van der Waals surface area contributed by atoms with E-state index in [1.807, 2.05) is 30.3 Å². The van der Waals surface area contributed by atoms with Gasteiger partial charge in [-0.3, -0.25) is 0 Å². The predicted molar refractivity (Wildman–Crippen MR) is 90.0 cm³/mol. The number of carbonyl (C=O) groups excluding carboxylic acids is 1. The molecule has 3 rings (SSSR count). The van der Waals surface area contributed by atoms with Crippen LogP contribution in [0.4, 0.5) is 0 Å². The van der Waals surface area contributed by atoms with Crippen LogP contribution in [0.3, 0.4) is 0 Å². The van der Waals surface area contributed by atoms with Gasteiger partial charge >= 0.3 is 5.97 Å². The van der Waals surface area contributed by atoms with E-state index >= 15 is 0 Å². The summed E-state index contributed by atoms with van der Waals surface area (Å²) in [5.41, 5.74) is 1.01. The van der Waals surface area contributed by atoms with Crippen molar-refractivity contribution < 1.29 is 13.9 Å². The second kappa shape index (κ2) is 7.03. The lowest BCUT2D eigenvalue weighted by Crippen LogP contribution is -2.10. The quantitative estimate of drug-likeness (QED) is 0.613. The number of esters is 1. The standard InChI is InChI=1S/C17H12Cl2N2O3/c1-10(23-17(22)13-8-7-12(18)9-14(13)19)15-20-21-16(24-15)11-5-3-2-4-6-11/h2-10H,1H3/t10-/m1/s1. The maximum Gasteiger partial charge on any atom is 0.340 e. The summed E-state index contributed by atoms with van der Waals surface area (Å²) in [6, 6.07) is 13.9. The highest BCUT2D eigenvalue weighted by Crippen LogP contribution is 2.26. The van der Waals surface area contributed by atoms with Crippen LogP contribution in [0.25, 0.3) is 11.5 Å². The first-order valence-electron chi connectivity index (χ1n) is 7.09. The molecule has 0 radical (unpaired) electrons. The Morgan fingerprint density at radius 2 is 1.88 bits per heavy atom. The summed E-state index contributed by atoms with van der Waals surface area (Å²) in [6.45, 7) is 1.64. The maximum absolute atomic E-state index is 12.2. The zero-order valence-electron chi connectivity index (χ0n) is 12.6. The van der Waals surface area contributed by atoms with Crippen molar-refractivity contribution in [3.8, 4) is 11.5 Å². The molecule has 5 nitrogen and oxygen atoms in total. The molecule has 1 heterocycles. The smallest absolute Gasteiger partial charge is 0.340 e. The van der Waals surface area contributed by atoms with E-state index in [-0.39, 0.29) is 16.5 Å². The van der Waals surface area contributed by atoms with Crippen molar-refractivity contribution in [2.45, 2.75) is 13.0 Å². The molecule has 0 spiro atoms. The monoisotopic (exact) mass is 362 g/mol. The van der Waals surface area contributed by atoms with Crippen LogP contribution in [0, 0.1) is 0 Å². The van der Waals surface area contributed by atoms with Crippen molar-refractivity contribution in [2.75, 3.05) is 0 Å². The fourth-order valence-corrected chi connectivity index (χ4v) is 2.51. The van der Waals surface area contributed by atoms with Gasteiger partial charge < -0.3 is 9.15 Å². The number of hydrogen-bond acceptors (Lipinski definition) is 5. The molecule has 2 aromatic carbocycles. The average molecular weight is 363 g/mol. The van der Waals surface area contributed by atoms with Gasteiger partial charge in [0.1, 0.15) is 0 Å². The highest BCUT2D eigenvalue weighted by atomic mass is 35.5. The number of benzene rings is 2. The summed E-state index contributed by atoms with van der Waals surface area (Å²) < 4.78 is 10.9. The summed E-state index contributed by atoms with van der Waals surface area (Å²) in [5, 5.41) is 8.55. The minimum absolute atomic E-state index is 0.201. The van der Waals surface area contributed by atoms with Gasteiger partial charge in [0.15, 0.2) is 6.10 Å². The van der Waals surface area contributed by atoms with E-state index in [1.165, 1.54) is 12.1 Å². The molecule has 24 heavy (non-hydrogen) atoms. The van der Waals surface area contributed by atoms with Gasteiger partial charge in [-0.2, -0.15) is 0 Å². The molecule has 0 aliphatic rings. The number of nitrogens with zero attached hydrogens (tertiary/aromatic N) is 2. The van der Waals surface area contributed by atoms with Crippen LogP contribution >= 0.6 is 23.2 Å². The van der Waals surface area contributed by atoms with Crippen molar-refractivity contribution in [3.63, 3.8) is 0 Å². The Kier molecular flexibility index (Phi) is 4.83. The lowest BCUT2D eigenvalue weighted by Gasteiger charge is -2.10. The molecule has 1 aromatic heterocycles. The highest BCUT2D eigenvalue weighted by Gasteiger charge is 2.21. The van der Waals surface area contributed by atoms with Crippen molar-refractivity contribution in [1.29, 1.82) is 0 Å². The minimum atomic E-state index is -0.714. The molecule has 0 aliphatic heterocycles. The molecule has 0 saturated heterocycles. The molecule has 0 N–H and O–H groups in total. The van der Waals surface area contributed by atoms with Crippen molar-refractivity contribution >= 4 is 29.2 Å². The molecular weight excluding hydrogens is 351 g/mol. The van der Waals surface area contributed by atoms with Crippen molar-refractivity contribution in [1.82, 2.24) is 10.2 Å². The Morgan fingerprint density at radius 3 is 2.58 bits per heavy atom. The third-order valence-electron chi connectivity index (χ3n) is 3.24. The topological polar surface area (TPSA) is 65.2 Å². The fraction of sp³-hybridized carbons (Fsp3) is 0.118. The van der Waals surface area contributed by atoms with Gasteiger partial charge in [0.05, 0.1) is 10.6 Å². The van der Waals surface area contributed by atoms with E-state index in [2.05, 4.69) is 10.2 Å². The van der Waals surface area contributed by atoms with E-state index in [4.69, 9.17) is 32.4 Å². The zero-order chi connectivity index (χ0) is 17.1. The molecule has 0 fully saturated rings. The molecule has 3 aromatic rings. The summed E-state index contributed by atoms with van der Waals surface area (Å²) in [5.74, 6) is -0.0334. The molecule has 7 heteroatoms. The molecular formula is C17H12Cl2N2O3. The Labute approximate surface area is 148 Å². The van der Waals surface area contributed by atoms with Crippen LogP contribution in [-0.2, 0) is 4.74 Å². The molecule has 122 valence electrons. The van der Waals surface area contributed by atoms with Crippen molar-refractivity contribution in [2.24, 2.45) is 0 Å². The summed E-state index contributed by atoms with van der Waals surface area (Å²) >= 11 is 11.8. The Hall–Kier alpha value is -2.37. The van der Waals surface area contributed by atoms with Crippen LogP contribution in [0.1, 0.15) is 29.3 Å². The Bertz CT molecular complexity index is 865. The van der Waals surface area contributed by atoms with Crippen LogP contribution < -0.4 is 0 Å². The maximum atomic E-state index is 12.2. The molecule has 0 amide bonds. The molecule has 0 aliphatic carbocycles. The zero-order valence-corrected chi connectivity index (χ0v) is 14.1. The lowest BCUT2D eigenvalue weighted by atomic mass is 10.2. The number of rotatable bonds is 4. The van der Waals surface area contributed by atoms with Crippen molar-refractivity contribution in [3.05, 3.63) is 70.0 Å². The van der Waals surface area contributed by atoms with Crippen LogP contribution in [0.15, 0.2) is 52.9 Å². The highest BCUT2D eigenvalue weighted by molar-refractivity contribution is 6.36. The third kappa shape index (κ3) is 3.58. The second-order valence-electron chi connectivity index (χ2n) is 4.98. The second-order valence-corrected chi connectivity index (χ2v) is 5.83. The molecule has 1 atom stereocenters. The molecule has 0 saturated carbocycles. The van der Waals surface area contributed by atoms with E-state index in [0.717, 1.165) is 5.56 Å². The van der Waals surface area contributed by atoms with Crippen LogP contribution in [0.2, 0.25) is 10.0 Å². The van der Waals surface area contributed by atoms with Crippen LogP contribution in [0.5, 0.6) is 0 Å². The first kappa shape index (κ1) is 16.5. The largest absolute Gasteiger partial charge is 0.449 e. The summed E-state index contributed by atoms with van der Waals surface area (Å²) in [4.78, 5) is 12.2. The van der Waals surface area contributed by atoms with Gasteiger partial charge in [-0.1, -0.05) is 41.4 Å². The van der Waals surface area contributed by atoms with Gasteiger partial charge in [0.2, 0.25) is 5.89 Å². The number of halogens is 2. The number of carbonyl (C=O) groups is 1. The third-order valence-corrected chi connectivity index (χ3v) is 3.79. The summed E-state index contributed by atoms with van der Waals surface area (Å²) in [7, 11) is 0. The molecule has 0 bridgehead atoms. The molecule has 0 unspecified atom stereocenters. The normalized spacial score (nSPS) is 12.0. The Balaban J connectivity index is 1.74. The van der Waals surface area contributed by atoms with Gasteiger partial charge in [0, 0.05) is 10.6 Å². The number of aromatic nitrogens is 2. The minimum Gasteiger partial charge on any atom is -0.449 e. The van der Waals surface area contributed by atoms with E-state index in [1.54, 1.807) is 13.0 Å². The average Bonchev–Trinajstić information content (AvgIpc) is 3.05. The van der Waals surface area contributed by atoms with Gasteiger partial charge in [-0.15, -0.1) is 10.2 Å². The van der Waals surface area contributed by atoms with Gasteiger partial charge in [-0.25, -0.2) is 4.79 Å². The van der Waals surface area contributed by atoms with Crippen LogP contribution in [-0.4, -0.2) is 16.2 Å². The Morgan fingerprint density at radius 1 is 1.12 bits per heavy atom. The fourth-order valence-electron chi connectivity index (χ4n) is 2.03.